The second kappa shape index (κ2) is 6.52. The van der Waals surface area contributed by atoms with Gasteiger partial charge in [-0.05, 0) is 31.4 Å². The number of carbonyl (C=O) groups is 1. The molecule has 2 aromatic rings. The third-order valence-corrected chi connectivity index (χ3v) is 4.51. The fourth-order valence-electron chi connectivity index (χ4n) is 3.38. The summed E-state index contributed by atoms with van der Waals surface area (Å²) in [6, 6.07) is 6.45. The standard InChI is InChI=1S/C18H21FN2O2/c1-3-16-18(12(2)20-23-16)15-9-6-10-21(15)17(22)11-13-7-4-5-8-14(13)19/h4-5,7-8,15H,3,6,9-11H2,1-2H3/t15-/m1/s1. The van der Waals surface area contributed by atoms with Crippen LogP contribution < -0.4 is 0 Å². The summed E-state index contributed by atoms with van der Waals surface area (Å²) in [7, 11) is 0. The van der Waals surface area contributed by atoms with Crippen LogP contribution in [0, 0.1) is 12.7 Å². The summed E-state index contributed by atoms with van der Waals surface area (Å²) in [6.07, 6.45) is 2.69. The molecule has 122 valence electrons. The van der Waals surface area contributed by atoms with E-state index in [1.54, 1.807) is 18.2 Å². The number of amides is 1. The summed E-state index contributed by atoms with van der Waals surface area (Å²) in [5.74, 6) is 0.477. The van der Waals surface area contributed by atoms with Crippen molar-refractivity contribution in [3.63, 3.8) is 0 Å². The first-order chi connectivity index (χ1) is 11.1. The van der Waals surface area contributed by atoms with Crippen LogP contribution in [0.2, 0.25) is 0 Å². The normalized spacial score (nSPS) is 17.7. The SMILES string of the molecule is CCc1onc(C)c1[C@H]1CCCN1C(=O)Cc1ccccc1F. The molecule has 0 spiro atoms. The maximum atomic E-state index is 13.8. The quantitative estimate of drug-likeness (QED) is 0.866. The molecule has 0 bridgehead atoms. The lowest BCUT2D eigenvalue weighted by atomic mass is 10.0. The van der Waals surface area contributed by atoms with Crippen molar-refractivity contribution >= 4 is 5.91 Å². The minimum absolute atomic E-state index is 0.00419. The van der Waals surface area contributed by atoms with Gasteiger partial charge >= 0.3 is 0 Å². The Bertz CT molecular complexity index is 711. The van der Waals surface area contributed by atoms with Gasteiger partial charge in [-0.15, -0.1) is 0 Å². The Balaban J connectivity index is 1.83. The predicted molar refractivity (Wildman–Crippen MR) is 84.4 cm³/mol. The van der Waals surface area contributed by atoms with Gasteiger partial charge < -0.3 is 9.42 Å². The van der Waals surface area contributed by atoms with Gasteiger partial charge in [-0.1, -0.05) is 30.3 Å². The van der Waals surface area contributed by atoms with E-state index in [0.717, 1.165) is 36.3 Å². The van der Waals surface area contributed by atoms with Crippen LogP contribution in [0.15, 0.2) is 28.8 Å². The highest BCUT2D eigenvalue weighted by Crippen LogP contribution is 2.36. The van der Waals surface area contributed by atoms with Crippen molar-refractivity contribution in [3.8, 4) is 0 Å². The van der Waals surface area contributed by atoms with E-state index in [4.69, 9.17) is 4.52 Å². The van der Waals surface area contributed by atoms with Crippen LogP contribution in [0.25, 0.3) is 0 Å². The Morgan fingerprint density at radius 2 is 2.22 bits per heavy atom. The number of nitrogens with zero attached hydrogens (tertiary/aromatic N) is 2. The topological polar surface area (TPSA) is 46.3 Å². The smallest absolute Gasteiger partial charge is 0.227 e. The molecule has 1 aromatic heterocycles. The van der Waals surface area contributed by atoms with Crippen molar-refractivity contribution in [3.05, 3.63) is 52.7 Å². The highest BCUT2D eigenvalue weighted by molar-refractivity contribution is 5.79. The number of likely N-dealkylation sites (tertiary alicyclic amines) is 1. The van der Waals surface area contributed by atoms with Crippen LogP contribution in [-0.2, 0) is 17.6 Å². The highest BCUT2D eigenvalue weighted by Gasteiger charge is 2.34. The van der Waals surface area contributed by atoms with E-state index in [-0.39, 0.29) is 24.2 Å². The number of carbonyl (C=O) groups excluding carboxylic acids is 1. The van der Waals surface area contributed by atoms with E-state index in [9.17, 15) is 9.18 Å². The first-order valence-electron chi connectivity index (χ1n) is 8.09. The van der Waals surface area contributed by atoms with Crippen molar-refractivity contribution in [1.82, 2.24) is 10.1 Å². The Kier molecular flexibility index (Phi) is 4.46. The molecule has 1 amide bonds. The number of benzene rings is 1. The number of aromatic nitrogens is 1. The monoisotopic (exact) mass is 316 g/mol. The average molecular weight is 316 g/mol. The van der Waals surface area contributed by atoms with Gasteiger partial charge in [0, 0.05) is 18.5 Å². The summed E-state index contributed by atoms with van der Waals surface area (Å²) in [4.78, 5) is 14.5. The molecule has 23 heavy (non-hydrogen) atoms. The van der Waals surface area contributed by atoms with Gasteiger partial charge in [-0.25, -0.2) is 4.39 Å². The molecular formula is C18H21FN2O2. The molecule has 1 aliphatic rings. The van der Waals surface area contributed by atoms with Crippen LogP contribution in [0.1, 0.15) is 48.4 Å². The molecule has 1 atom stereocenters. The van der Waals surface area contributed by atoms with Crippen LogP contribution in [0.4, 0.5) is 4.39 Å². The Morgan fingerprint density at radius 3 is 2.96 bits per heavy atom. The molecular weight excluding hydrogens is 295 g/mol. The molecule has 2 heterocycles. The zero-order valence-electron chi connectivity index (χ0n) is 13.5. The molecule has 0 N–H and O–H groups in total. The summed E-state index contributed by atoms with van der Waals surface area (Å²) in [6.45, 7) is 4.63. The van der Waals surface area contributed by atoms with Gasteiger partial charge in [0.25, 0.3) is 0 Å². The fourth-order valence-corrected chi connectivity index (χ4v) is 3.38. The second-order valence-electron chi connectivity index (χ2n) is 5.97. The molecule has 1 aliphatic heterocycles. The maximum Gasteiger partial charge on any atom is 0.227 e. The van der Waals surface area contributed by atoms with E-state index in [1.807, 2.05) is 18.7 Å². The van der Waals surface area contributed by atoms with Gasteiger partial charge in [0.05, 0.1) is 18.2 Å². The first kappa shape index (κ1) is 15.7. The number of hydrogen-bond donors (Lipinski definition) is 0. The zero-order valence-corrected chi connectivity index (χ0v) is 13.5. The van der Waals surface area contributed by atoms with Crippen LogP contribution in [0.5, 0.6) is 0 Å². The molecule has 0 unspecified atom stereocenters. The van der Waals surface area contributed by atoms with Crippen molar-refractivity contribution in [2.24, 2.45) is 0 Å². The molecule has 0 radical (unpaired) electrons. The summed E-state index contributed by atoms with van der Waals surface area (Å²) < 4.78 is 19.2. The van der Waals surface area contributed by atoms with Crippen LogP contribution in [0.3, 0.4) is 0 Å². The lowest BCUT2D eigenvalue weighted by molar-refractivity contribution is -0.131. The molecule has 5 heteroatoms. The van der Waals surface area contributed by atoms with E-state index < -0.39 is 0 Å². The molecule has 1 fully saturated rings. The highest BCUT2D eigenvalue weighted by atomic mass is 19.1. The van der Waals surface area contributed by atoms with E-state index in [1.165, 1.54) is 6.07 Å². The van der Waals surface area contributed by atoms with Crippen molar-refractivity contribution < 1.29 is 13.7 Å². The van der Waals surface area contributed by atoms with E-state index in [2.05, 4.69) is 5.16 Å². The van der Waals surface area contributed by atoms with E-state index >= 15 is 0 Å². The second-order valence-corrected chi connectivity index (χ2v) is 5.97. The lowest BCUT2D eigenvalue weighted by Crippen LogP contribution is -2.32. The number of rotatable bonds is 4. The number of hydrogen-bond acceptors (Lipinski definition) is 3. The average Bonchev–Trinajstić information content (AvgIpc) is 3.15. The van der Waals surface area contributed by atoms with E-state index in [0.29, 0.717) is 12.1 Å². The largest absolute Gasteiger partial charge is 0.361 e. The molecule has 0 saturated carbocycles. The van der Waals surface area contributed by atoms with Gasteiger partial charge in [-0.3, -0.25) is 4.79 Å². The minimum atomic E-state index is -0.327. The zero-order chi connectivity index (χ0) is 16.4. The minimum Gasteiger partial charge on any atom is -0.361 e. The van der Waals surface area contributed by atoms with Gasteiger partial charge in [0.15, 0.2) is 0 Å². The van der Waals surface area contributed by atoms with Crippen molar-refractivity contribution in [2.75, 3.05) is 6.54 Å². The van der Waals surface area contributed by atoms with Crippen LogP contribution in [-0.4, -0.2) is 22.5 Å². The summed E-state index contributed by atoms with van der Waals surface area (Å²) in [5, 5.41) is 4.05. The number of aryl methyl sites for hydroxylation is 2. The Morgan fingerprint density at radius 1 is 1.43 bits per heavy atom. The molecule has 0 aliphatic carbocycles. The van der Waals surface area contributed by atoms with Gasteiger partial charge in [0.1, 0.15) is 11.6 Å². The van der Waals surface area contributed by atoms with Gasteiger partial charge in [-0.2, -0.15) is 0 Å². The number of halogens is 1. The molecule has 1 saturated heterocycles. The Hall–Kier alpha value is -2.17. The molecule has 4 nitrogen and oxygen atoms in total. The van der Waals surface area contributed by atoms with Crippen molar-refractivity contribution in [2.45, 2.75) is 45.6 Å². The van der Waals surface area contributed by atoms with Crippen molar-refractivity contribution in [1.29, 1.82) is 0 Å². The third kappa shape index (κ3) is 3.00. The molecule has 3 rings (SSSR count). The fraction of sp³-hybridized carbons (Fsp3) is 0.444. The summed E-state index contributed by atoms with van der Waals surface area (Å²) in [5.41, 5.74) is 2.32. The predicted octanol–water partition coefficient (Wildman–Crippen LogP) is 3.59. The lowest BCUT2D eigenvalue weighted by Gasteiger charge is -2.25. The van der Waals surface area contributed by atoms with Crippen LogP contribution >= 0.6 is 0 Å². The Labute approximate surface area is 135 Å². The summed E-state index contributed by atoms with van der Waals surface area (Å²) >= 11 is 0. The first-order valence-corrected chi connectivity index (χ1v) is 8.09. The molecule has 1 aromatic carbocycles. The van der Waals surface area contributed by atoms with Gasteiger partial charge in [0.2, 0.25) is 5.91 Å². The third-order valence-electron chi connectivity index (χ3n) is 4.51. The maximum absolute atomic E-state index is 13.8.